The monoisotopic (exact) mass is 268 g/mol. The zero-order chi connectivity index (χ0) is 12.9. The smallest absolute Gasteiger partial charge is 0.326 e. The van der Waals surface area contributed by atoms with Gasteiger partial charge in [0.25, 0.3) is 0 Å². The summed E-state index contributed by atoms with van der Waals surface area (Å²) >= 11 is 0. The lowest BCUT2D eigenvalue weighted by molar-refractivity contribution is 0.471. The number of sulfone groups is 1. The number of aromatic hydroxyl groups is 1. The number of nitrogens with zero attached hydrogens (tertiary/aromatic N) is 1. The molecule has 1 aliphatic heterocycles. The number of aromatic nitrogens is 2. The number of hydrogen-bond donors (Lipinski definition) is 2. The normalized spacial score (nSPS) is 22.6. The Hall–Kier alpha value is -1.76. The van der Waals surface area contributed by atoms with E-state index in [9.17, 15) is 18.3 Å². The molecule has 2 aromatic rings. The largest absolute Gasteiger partial charge is 0.506 e. The molecule has 18 heavy (non-hydrogen) atoms. The summed E-state index contributed by atoms with van der Waals surface area (Å²) < 4.78 is 24.3. The van der Waals surface area contributed by atoms with Crippen molar-refractivity contribution < 1.29 is 13.5 Å². The number of fused-ring (bicyclic) bond motifs is 1. The molecule has 1 fully saturated rings. The van der Waals surface area contributed by atoms with E-state index in [1.54, 1.807) is 12.1 Å². The van der Waals surface area contributed by atoms with Crippen molar-refractivity contribution in [1.29, 1.82) is 0 Å². The van der Waals surface area contributed by atoms with Crippen LogP contribution in [0.5, 0.6) is 5.75 Å². The van der Waals surface area contributed by atoms with Crippen molar-refractivity contribution >= 4 is 20.9 Å². The highest BCUT2D eigenvalue weighted by molar-refractivity contribution is 7.91. The molecule has 1 atom stereocenters. The zero-order valence-corrected chi connectivity index (χ0v) is 10.3. The van der Waals surface area contributed by atoms with Crippen molar-refractivity contribution in [3.8, 4) is 5.75 Å². The fraction of sp³-hybridized carbons (Fsp3) is 0.364. The van der Waals surface area contributed by atoms with Crippen molar-refractivity contribution in [2.45, 2.75) is 12.5 Å². The van der Waals surface area contributed by atoms with Crippen LogP contribution in [0.25, 0.3) is 11.0 Å². The maximum absolute atomic E-state index is 11.9. The molecule has 3 rings (SSSR count). The molecule has 0 radical (unpaired) electrons. The molecule has 0 bridgehead atoms. The Kier molecular flexibility index (Phi) is 2.28. The van der Waals surface area contributed by atoms with Gasteiger partial charge in [-0.05, 0) is 18.6 Å². The van der Waals surface area contributed by atoms with Crippen LogP contribution >= 0.6 is 0 Å². The van der Waals surface area contributed by atoms with E-state index in [0.29, 0.717) is 17.5 Å². The summed E-state index contributed by atoms with van der Waals surface area (Å²) in [6.45, 7) is 0. The molecular weight excluding hydrogens is 256 g/mol. The SMILES string of the molecule is O=c1[nH]c2cccc(O)c2n1C1CCS(=O)(=O)C1. The minimum absolute atomic E-state index is 0.0184. The molecule has 1 saturated heterocycles. The first kappa shape index (κ1) is 11.3. The Labute approximate surface area is 103 Å². The maximum atomic E-state index is 11.9. The van der Waals surface area contributed by atoms with Gasteiger partial charge in [0.15, 0.2) is 9.84 Å². The van der Waals surface area contributed by atoms with E-state index in [1.807, 2.05) is 0 Å². The van der Waals surface area contributed by atoms with Crippen LogP contribution in [0.15, 0.2) is 23.0 Å². The lowest BCUT2D eigenvalue weighted by atomic mass is 10.2. The van der Waals surface area contributed by atoms with Gasteiger partial charge in [-0.3, -0.25) is 4.57 Å². The second-order valence-corrected chi connectivity index (χ2v) is 6.76. The molecule has 1 aromatic carbocycles. The topological polar surface area (TPSA) is 92.2 Å². The van der Waals surface area contributed by atoms with Crippen LogP contribution in [0.3, 0.4) is 0 Å². The molecule has 0 saturated carbocycles. The average Bonchev–Trinajstić information content (AvgIpc) is 2.79. The second kappa shape index (κ2) is 3.61. The van der Waals surface area contributed by atoms with Gasteiger partial charge in [0, 0.05) is 0 Å². The third kappa shape index (κ3) is 1.62. The number of rotatable bonds is 1. The predicted molar refractivity (Wildman–Crippen MR) is 66.5 cm³/mol. The van der Waals surface area contributed by atoms with Gasteiger partial charge >= 0.3 is 5.69 Å². The highest BCUT2D eigenvalue weighted by Gasteiger charge is 2.31. The predicted octanol–water partition coefficient (Wildman–Crippen LogP) is 0.395. The minimum Gasteiger partial charge on any atom is -0.506 e. The Bertz CT molecular complexity index is 772. The zero-order valence-electron chi connectivity index (χ0n) is 9.46. The molecule has 2 N–H and O–H groups in total. The number of H-pyrrole nitrogens is 1. The van der Waals surface area contributed by atoms with Gasteiger partial charge in [-0.15, -0.1) is 0 Å². The third-order valence-corrected chi connectivity index (χ3v) is 5.04. The molecule has 0 spiro atoms. The molecule has 7 heteroatoms. The van der Waals surface area contributed by atoms with Crippen molar-refractivity contribution in [2.75, 3.05) is 11.5 Å². The van der Waals surface area contributed by atoms with Crippen molar-refractivity contribution in [1.82, 2.24) is 9.55 Å². The number of aromatic amines is 1. The highest BCUT2D eigenvalue weighted by atomic mass is 32.2. The molecule has 96 valence electrons. The fourth-order valence-corrected chi connectivity index (χ4v) is 4.19. The van der Waals surface area contributed by atoms with Gasteiger partial charge in [0.05, 0.1) is 23.1 Å². The first-order valence-corrected chi connectivity index (χ1v) is 7.43. The van der Waals surface area contributed by atoms with Crippen LogP contribution in [0.2, 0.25) is 0 Å². The Morgan fingerprint density at radius 3 is 2.83 bits per heavy atom. The summed E-state index contributed by atoms with van der Waals surface area (Å²) in [4.78, 5) is 14.5. The number of nitrogens with one attached hydrogen (secondary N) is 1. The van der Waals surface area contributed by atoms with Crippen LogP contribution in [-0.2, 0) is 9.84 Å². The molecule has 1 aliphatic rings. The Morgan fingerprint density at radius 1 is 1.39 bits per heavy atom. The van der Waals surface area contributed by atoms with Gasteiger partial charge in [0.1, 0.15) is 11.3 Å². The van der Waals surface area contributed by atoms with Gasteiger partial charge < -0.3 is 10.1 Å². The van der Waals surface area contributed by atoms with E-state index < -0.39 is 15.9 Å². The summed E-state index contributed by atoms with van der Waals surface area (Å²) in [5.74, 6) is 0.0219. The molecular formula is C11H12N2O4S. The Balaban J connectivity index is 2.24. The lowest BCUT2D eigenvalue weighted by Gasteiger charge is -2.10. The first-order chi connectivity index (χ1) is 8.48. The van der Waals surface area contributed by atoms with E-state index >= 15 is 0 Å². The number of imidazole rings is 1. The number of para-hydroxylation sites is 1. The van der Waals surface area contributed by atoms with Gasteiger partial charge in [0.2, 0.25) is 0 Å². The molecule has 1 unspecified atom stereocenters. The van der Waals surface area contributed by atoms with Gasteiger partial charge in [-0.25, -0.2) is 13.2 Å². The minimum atomic E-state index is -3.08. The number of hydrogen-bond acceptors (Lipinski definition) is 4. The quantitative estimate of drug-likeness (QED) is 0.782. The van der Waals surface area contributed by atoms with Gasteiger partial charge in [-0.2, -0.15) is 0 Å². The second-order valence-electron chi connectivity index (χ2n) is 4.53. The maximum Gasteiger partial charge on any atom is 0.326 e. The van der Waals surface area contributed by atoms with E-state index in [2.05, 4.69) is 4.98 Å². The van der Waals surface area contributed by atoms with E-state index in [4.69, 9.17) is 0 Å². The number of phenolic OH excluding ortho intramolecular Hbond substituents is 1. The average molecular weight is 268 g/mol. The van der Waals surface area contributed by atoms with Crippen LogP contribution < -0.4 is 5.69 Å². The van der Waals surface area contributed by atoms with E-state index in [1.165, 1.54) is 10.6 Å². The van der Waals surface area contributed by atoms with Crippen LogP contribution in [-0.4, -0.2) is 34.6 Å². The van der Waals surface area contributed by atoms with E-state index in [0.717, 1.165) is 0 Å². The summed E-state index contributed by atoms with van der Waals surface area (Å²) in [5.41, 5.74) is 0.516. The third-order valence-electron chi connectivity index (χ3n) is 3.29. The molecule has 0 aliphatic carbocycles. The van der Waals surface area contributed by atoms with Gasteiger partial charge in [-0.1, -0.05) is 6.07 Å². The van der Waals surface area contributed by atoms with E-state index in [-0.39, 0.29) is 22.9 Å². The number of benzene rings is 1. The van der Waals surface area contributed by atoms with Crippen molar-refractivity contribution in [3.05, 3.63) is 28.7 Å². The molecule has 1 aromatic heterocycles. The summed E-state index contributed by atoms with van der Waals surface area (Å²) in [6.07, 6.45) is 0.406. The standard InChI is InChI=1S/C11H12N2O4S/c14-9-3-1-2-8-10(9)13(11(15)12-8)7-4-5-18(16,17)6-7/h1-3,7,14H,4-6H2,(H,12,15). The fourth-order valence-electron chi connectivity index (χ4n) is 2.49. The number of phenols is 1. The summed E-state index contributed by atoms with van der Waals surface area (Å²) in [5, 5.41) is 9.83. The van der Waals surface area contributed by atoms with Crippen LogP contribution in [0.4, 0.5) is 0 Å². The van der Waals surface area contributed by atoms with Crippen LogP contribution in [0, 0.1) is 0 Å². The molecule has 0 amide bonds. The van der Waals surface area contributed by atoms with Crippen molar-refractivity contribution in [2.24, 2.45) is 0 Å². The Morgan fingerprint density at radius 2 is 2.17 bits per heavy atom. The summed E-state index contributed by atoms with van der Waals surface area (Å²) in [7, 11) is -3.08. The lowest BCUT2D eigenvalue weighted by Crippen LogP contribution is -2.23. The molecule has 2 heterocycles. The van der Waals surface area contributed by atoms with Crippen LogP contribution in [0.1, 0.15) is 12.5 Å². The van der Waals surface area contributed by atoms with Crippen molar-refractivity contribution in [3.63, 3.8) is 0 Å². The first-order valence-electron chi connectivity index (χ1n) is 5.60. The molecule has 6 nitrogen and oxygen atoms in total. The highest BCUT2D eigenvalue weighted by Crippen LogP contribution is 2.29. The summed E-state index contributed by atoms with van der Waals surface area (Å²) in [6, 6.07) is 4.39.